The zero-order valence-electron chi connectivity index (χ0n) is 15.9. The molecule has 142 valence electrons. The fourth-order valence-corrected chi connectivity index (χ4v) is 7.18. The van der Waals surface area contributed by atoms with E-state index in [2.05, 4.69) is 54.6 Å². The van der Waals surface area contributed by atoms with Crippen LogP contribution in [0.2, 0.25) is 5.02 Å². The van der Waals surface area contributed by atoms with E-state index in [9.17, 15) is 5.11 Å². The van der Waals surface area contributed by atoms with Gasteiger partial charge in [-0.15, -0.1) is 0 Å². The summed E-state index contributed by atoms with van der Waals surface area (Å²) in [5.41, 5.74) is 2.66. The fourth-order valence-electron chi connectivity index (χ4n) is 6.91. The summed E-state index contributed by atoms with van der Waals surface area (Å²) in [7, 11) is 0. The highest BCUT2D eigenvalue weighted by molar-refractivity contribution is 6.36. The van der Waals surface area contributed by atoms with E-state index in [4.69, 9.17) is 11.6 Å². The number of halogens is 1. The van der Waals surface area contributed by atoms with E-state index in [1.165, 1.54) is 43.2 Å². The van der Waals surface area contributed by atoms with Gasteiger partial charge in [0, 0.05) is 10.4 Å². The standard InChI is InChI=1S/C26H25ClO/c27-24-15-23(26(28)19-11-16-10-17(13-19)14-20(26)12-16)25(18-6-2-1-3-7-18)22-9-5-4-8-21(22)24/h1-9,15-17,19-20,28H,10-14H2. The maximum atomic E-state index is 12.3. The summed E-state index contributed by atoms with van der Waals surface area (Å²) in [5.74, 6) is 2.37. The lowest BCUT2D eigenvalue weighted by Gasteiger charge is -2.59. The first kappa shape index (κ1) is 17.1. The Morgan fingerprint density at radius 1 is 0.750 bits per heavy atom. The SMILES string of the molecule is OC1(c2cc(Cl)c3ccccc3c2-c2ccccc2)C2CC3CC(C2)CC1C3. The Morgan fingerprint density at radius 3 is 1.96 bits per heavy atom. The number of aliphatic hydroxyl groups is 1. The van der Waals surface area contributed by atoms with Crippen molar-refractivity contribution in [3.8, 4) is 11.1 Å². The molecule has 4 saturated carbocycles. The Hall–Kier alpha value is -1.83. The quantitative estimate of drug-likeness (QED) is 0.511. The molecule has 0 radical (unpaired) electrons. The highest BCUT2D eigenvalue weighted by atomic mass is 35.5. The van der Waals surface area contributed by atoms with Crippen LogP contribution in [0.3, 0.4) is 0 Å². The van der Waals surface area contributed by atoms with Crippen LogP contribution in [0.15, 0.2) is 60.7 Å². The lowest BCUT2D eigenvalue weighted by atomic mass is 9.48. The van der Waals surface area contributed by atoms with Gasteiger partial charge in [0.2, 0.25) is 0 Å². The van der Waals surface area contributed by atoms with Gasteiger partial charge < -0.3 is 5.11 Å². The van der Waals surface area contributed by atoms with Crippen molar-refractivity contribution < 1.29 is 5.11 Å². The minimum atomic E-state index is -0.758. The molecule has 0 aliphatic heterocycles. The third kappa shape index (κ3) is 2.30. The highest BCUT2D eigenvalue weighted by Gasteiger charge is 2.58. The van der Waals surface area contributed by atoms with Gasteiger partial charge in [0.15, 0.2) is 0 Å². The van der Waals surface area contributed by atoms with Gasteiger partial charge in [-0.25, -0.2) is 0 Å². The molecule has 0 unspecified atom stereocenters. The minimum Gasteiger partial charge on any atom is -0.385 e. The van der Waals surface area contributed by atoms with E-state index >= 15 is 0 Å². The summed E-state index contributed by atoms with van der Waals surface area (Å²) in [5, 5.41) is 15.3. The van der Waals surface area contributed by atoms with E-state index in [1.807, 2.05) is 6.07 Å². The summed E-state index contributed by atoms with van der Waals surface area (Å²) < 4.78 is 0. The van der Waals surface area contributed by atoms with Crippen LogP contribution in [-0.4, -0.2) is 5.11 Å². The molecule has 4 aliphatic carbocycles. The molecular weight excluding hydrogens is 364 g/mol. The Morgan fingerprint density at radius 2 is 1.32 bits per heavy atom. The summed E-state index contributed by atoms with van der Waals surface area (Å²) in [6.45, 7) is 0. The zero-order valence-corrected chi connectivity index (χ0v) is 16.7. The van der Waals surface area contributed by atoms with E-state index in [0.717, 1.165) is 33.2 Å². The van der Waals surface area contributed by atoms with Crippen molar-refractivity contribution in [1.29, 1.82) is 0 Å². The first-order chi connectivity index (χ1) is 13.6. The summed E-state index contributed by atoms with van der Waals surface area (Å²) in [6.07, 6.45) is 6.06. The Balaban J connectivity index is 1.65. The van der Waals surface area contributed by atoms with Gasteiger partial charge in [-0.2, -0.15) is 0 Å². The smallest absolute Gasteiger partial charge is 0.0959 e. The van der Waals surface area contributed by atoms with Crippen LogP contribution in [-0.2, 0) is 5.60 Å². The summed E-state index contributed by atoms with van der Waals surface area (Å²) in [6, 6.07) is 21.0. The molecule has 4 fully saturated rings. The first-order valence-electron chi connectivity index (χ1n) is 10.6. The number of rotatable bonds is 2. The van der Waals surface area contributed by atoms with E-state index in [1.54, 1.807) is 0 Å². The molecule has 2 heteroatoms. The molecule has 4 aliphatic rings. The normalized spacial score (nSPS) is 33.5. The Kier molecular flexibility index (Phi) is 3.71. The van der Waals surface area contributed by atoms with Crippen LogP contribution in [0.5, 0.6) is 0 Å². The average molecular weight is 389 g/mol. The average Bonchev–Trinajstić information content (AvgIpc) is 2.72. The van der Waals surface area contributed by atoms with Crippen LogP contribution in [0.1, 0.15) is 37.7 Å². The van der Waals surface area contributed by atoms with Gasteiger partial charge in [-0.3, -0.25) is 0 Å². The second-order valence-electron chi connectivity index (χ2n) is 9.32. The molecule has 0 heterocycles. The number of hydrogen-bond acceptors (Lipinski definition) is 1. The molecule has 1 N–H and O–H groups in total. The van der Waals surface area contributed by atoms with Crippen LogP contribution in [0, 0.1) is 23.7 Å². The van der Waals surface area contributed by atoms with E-state index in [-0.39, 0.29) is 0 Å². The molecule has 0 saturated heterocycles. The molecule has 0 amide bonds. The lowest BCUT2D eigenvalue weighted by Crippen LogP contribution is -2.55. The van der Waals surface area contributed by atoms with Crippen LogP contribution >= 0.6 is 11.6 Å². The van der Waals surface area contributed by atoms with Crippen molar-refractivity contribution in [3.63, 3.8) is 0 Å². The van der Waals surface area contributed by atoms with Crippen molar-refractivity contribution in [2.75, 3.05) is 0 Å². The van der Waals surface area contributed by atoms with Crippen molar-refractivity contribution >= 4 is 22.4 Å². The van der Waals surface area contributed by atoms with Crippen molar-refractivity contribution in [2.24, 2.45) is 23.7 Å². The molecule has 4 bridgehead atoms. The van der Waals surface area contributed by atoms with Gasteiger partial charge in [-0.1, -0.05) is 66.2 Å². The molecule has 1 nitrogen and oxygen atoms in total. The van der Waals surface area contributed by atoms with Crippen molar-refractivity contribution in [1.82, 2.24) is 0 Å². The molecule has 0 aromatic heterocycles. The monoisotopic (exact) mass is 388 g/mol. The molecule has 7 rings (SSSR count). The Labute approximate surface area is 171 Å². The molecule has 3 aromatic carbocycles. The second-order valence-corrected chi connectivity index (χ2v) is 9.73. The van der Waals surface area contributed by atoms with E-state index in [0.29, 0.717) is 11.8 Å². The summed E-state index contributed by atoms with van der Waals surface area (Å²) >= 11 is 6.79. The van der Waals surface area contributed by atoms with Gasteiger partial charge in [-0.05, 0) is 83.9 Å². The predicted molar refractivity (Wildman–Crippen MR) is 115 cm³/mol. The first-order valence-corrected chi connectivity index (χ1v) is 11.0. The van der Waals surface area contributed by atoms with Gasteiger partial charge in [0.1, 0.15) is 0 Å². The third-order valence-corrected chi connectivity index (χ3v) is 8.18. The molecule has 28 heavy (non-hydrogen) atoms. The molecule has 0 spiro atoms. The topological polar surface area (TPSA) is 20.2 Å². The van der Waals surface area contributed by atoms with Crippen LogP contribution < -0.4 is 0 Å². The molecule has 0 atom stereocenters. The van der Waals surface area contributed by atoms with Crippen LogP contribution in [0.4, 0.5) is 0 Å². The summed E-state index contributed by atoms with van der Waals surface area (Å²) in [4.78, 5) is 0. The van der Waals surface area contributed by atoms with E-state index < -0.39 is 5.60 Å². The minimum absolute atomic E-state index is 0.364. The number of benzene rings is 3. The lowest BCUT2D eigenvalue weighted by molar-refractivity contribution is -0.179. The van der Waals surface area contributed by atoms with Crippen LogP contribution in [0.25, 0.3) is 21.9 Å². The zero-order chi connectivity index (χ0) is 18.9. The second kappa shape index (κ2) is 6.08. The maximum Gasteiger partial charge on any atom is 0.0959 e. The number of fused-ring (bicyclic) bond motifs is 1. The van der Waals surface area contributed by atoms with Crippen molar-refractivity contribution in [3.05, 3.63) is 71.2 Å². The molecular formula is C26H25ClO. The predicted octanol–water partition coefficient (Wildman–Crippen LogP) is 6.80. The Bertz CT molecular complexity index is 1030. The highest BCUT2D eigenvalue weighted by Crippen LogP contribution is 2.63. The van der Waals surface area contributed by atoms with Gasteiger partial charge in [0.25, 0.3) is 0 Å². The third-order valence-electron chi connectivity index (χ3n) is 7.87. The van der Waals surface area contributed by atoms with Crippen molar-refractivity contribution in [2.45, 2.75) is 37.7 Å². The number of hydrogen-bond donors (Lipinski definition) is 1. The van der Waals surface area contributed by atoms with Gasteiger partial charge in [0.05, 0.1) is 5.60 Å². The van der Waals surface area contributed by atoms with Gasteiger partial charge >= 0.3 is 0 Å². The maximum absolute atomic E-state index is 12.3. The largest absolute Gasteiger partial charge is 0.385 e. The fraction of sp³-hybridized carbons (Fsp3) is 0.385. The molecule has 3 aromatic rings.